The second kappa shape index (κ2) is 7.84. The maximum absolute atomic E-state index is 13.1. The van der Waals surface area contributed by atoms with Crippen LogP contribution < -0.4 is 10.0 Å². The minimum Gasteiger partial charge on any atom is -0.326 e. The van der Waals surface area contributed by atoms with E-state index in [9.17, 15) is 17.6 Å². The lowest BCUT2D eigenvalue weighted by molar-refractivity contribution is -0.118. The Kier molecular flexibility index (Phi) is 6.02. The summed E-state index contributed by atoms with van der Waals surface area (Å²) in [5.74, 6) is -2.30. The topological polar surface area (TPSA) is 75.3 Å². The summed E-state index contributed by atoms with van der Waals surface area (Å²) in [5, 5.41) is 2.40. The molecule has 0 radical (unpaired) electrons. The first-order valence-electron chi connectivity index (χ1n) is 7.49. The van der Waals surface area contributed by atoms with Gasteiger partial charge in [-0.1, -0.05) is 36.2 Å². The molecule has 0 aliphatic carbocycles. The van der Waals surface area contributed by atoms with Gasteiger partial charge >= 0.3 is 0 Å². The number of hydrogen-bond donors (Lipinski definition) is 2. The summed E-state index contributed by atoms with van der Waals surface area (Å²) < 4.78 is 39.9. The first kappa shape index (κ1) is 19.2. The summed E-state index contributed by atoms with van der Waals surface area (Å²) in [6.07, 6.45) is 0. The van der Waals surface area contributed by atoms with Crippen molar-refractivity contribution < 1.29 is 17.6 Å². The highest BCUT2D eigenvalue weighted by Crippen LogP contribution is 2.20. The number of nitrogens with one attached hydrogen (secondary N) is 2. The molecule has 1 amide bonds. The van der Waals surface area contributed by atoms with Crippen molar-refractivity contribution in [1.82, 2.24) is 0 Å². The average molecular weight is 385 g/mol. The molecule has 1 unspecified atom stereocenters. The average Bonchev–Trinajstić information content (AvgIpc) is 2.52. The summed E-state index contributed by atoms with van der Waals surface area (Å²) in [5.41, 5.74) is 1.74. The second-order valence-electron chi connectivity index (χ2n) is 5.77. The maximum Gasteiger partial charge on any atom is 0.233 e. The van der Waals surface area contributed by atoms with Crippen LogP contribution in [0.4, 0.5) is 15.8 Å². The maximum atomic E-state index is 13.1. The fourth-order valence-corrected chi connectivity index (χ4v) is 3.66. The van der Waals surface area contributed by atoms with Crippen molar-refractivity contribution in [1.29, 1.82) is 0 Å². The minimum absolute atomic E-state index is 0.126. The third-order valence-electron chi connectivity index (χ3n) is 3.43. The summed E-state index contributed by atoms with van der Waals surface area (Å²) in [6, 6.07) is 10.6. The molecule has 2 N–H and O–H groups in total. The lowest BCUT2D eigenvalue weighted by Crippen LogP contribution is -2.29. The summed E-state index contributed by atoms with van der Waals surface area (Å²) in [6.45, 7) is 3.39. The number of sulfonamides is 1. The predicted molar refractivity (Wildman–Crippen MR) is 97.8 cm³/mol. The van der Waals surface area contributed by atoms with Gasteiger partial charge in [0.25, 0.3) is 0 Å². The minimum atomic E-state index is -3.70. The number of hydrogen-bond acceptors (Lipinski definition) is 3. The fourth-order valence-electron chi connectivity index (χ4n) is 2.09. The summed E-state index contributed by atoms with van der Waals surface area (Å²) in [4.78, 5) is 12.1. The zero-order valence-corrected chi connectivity index (χ0v) is 15.3. The lowest BCUT2D eigenvalue weighted by Gasteiger charge is -2.14. The van der Waals surface area contributed by atoms with Crippen molar-refractivity contribution in [2.24, 2.45) is 5.92 Å². The zero-order chi connectivity index (χ0) is 18.6. The third-order valence-corrected chi connectivity index (χ3v) is 5.20. The van der Waals surface area contributed by atoms with Crippen molar-refractivity contribution in [3.05, 3.63) is 58.9 Å². The molecule has 1 atom stereocenters. The standard InChI is InChI=1S/C17H18ClFN2O3S/c1-11-3-5-13(6-4-11)21-25(23,24)10-12(2)17(22)20-14-7-8-16(19)15(18)9-14/h3-9,12,21H,10H2,1-2H3,(H,20,22). The predicted octanol–water partition coefficient (Wildman–Crippen LogP) is 3.80. The van der Waals surface area contributed by atoms with Crippen molar-refractivity contribution in [2.75, 3.05) is 15.8 Å². The Morgan fingerprint density at radius 3 is 2.36 bits per heavy atom. The monoisotopic (exact) mass is 384 g/mol. The van der Waals surface area contributed by atoms with E-state index in [1.807, 2.05) is 6.92 Å². The van der Waals surface area contributed by atoms with E-state index in [4.69, 9.17) is 11.6 Å². The van der Waals surface area contributed by atoms with Crippen molar-refractivity contribution in [2.45, 2.75) is 13.8 Å². The van der Waals surface area contributed by atoms with Gasteiger partial charge in [-0.05, 0) is 37.3 Å². The van der Waals surface area contributed by atoms with Gasteiger partial charge in [0.1, 0.15) is 5.82 Å². The molecule has 0 bridgehead atoms. The number of anilines is 2. The second-order valence-corrected chi connectivity index (χ2v) is 7.94. The summed E-state index contributed by atoms with van der Waals surface area (Å²) in [7, 11) is -3.70. The summed E-state index contributed by atoms with van der Waals surface area (Å²) >= 11 is 5.65. The smallest absolute Gasteiger partial charge is 0.233 e. The van der Waals surface area contributed by atoms with E-state index in [1.54, 1.807) is 24.3 Å². The van der Waals surface area contributed by atoms with Gasteiger partial charge in [-0.15, -0.1) is 0 Å². The van der Waals surface area contributed by atoms with Crippen molar-refractivity contribution >= 4 is 38.9 Å². The van der Waals surface area contributed by atoms with Gasteiger partial charge in [0.05, 0.1) is 16.7 Å². The van der Waals surface area contributed by atoms with E-state index in [0.29, 0.717) is 11.4 Å². The van der Waals surface area contributed by atoms with Crippen LogP contribution in [0.2, 0.25) is 5.02 Å². The van der Waals surface area contributed by atoms with Crippen LogP contribution in [0, 0.1) is 18.7 Å². The van der Waals surface area contributed by atoms with Gasteiger partial charge in [-0.25, -0.2) is 12.8 Å². The van der Waals surface area contributed by atoms with Gasteiger partial charge in [0, 0.05) is 11.4 Å². The third kappa shape index (κ3) is 5.72. The Balaban J connectivity index is 1.99. The van der Waals surface area contributed by atoms with Gasteiger partial charge in [0.15, 0.2) is 0 Å². The van der Waals surface area contributed by atoms with Gasteiger partial charge in [-0.2, -0.15) is 0 Å². The fraction of sp³-hybridized carbons (Fsp3) is 0.235. The van der Waals surface area contributed by atoms with Gasteiger partial charge in [-0.3, -0.25) is 9.52 Å². The molecule has 0 aliphatic rings. The van der Waals surface area contributed by atoms with E-state index in [1.165, 1.54) is 19.1 Å². The Morgan fingerprint density at radius 1 is 1.16 bits per heavy atom. The van der Waals surface area contributed by atoms with E-state index in [2.05, 4.69) is 10.0 Å². The molecule has 0 fully saturated rings. The highest BCUT2D eigenvalue weighted by Gasteiger charge is 2.22. The van der Waals surface area contributed by atoms with Crippen LogP contribution in [0.1, 0.15) is 12.5 Å². The normalized spacial score (nSPS) is 12.5. The van der Waals surface area contributed by atoms with E-state index in [-0.39, 0.29) is 10.8 Å². The number of rotatable bonds is 6. The number of carbonyl (C=O) groups is 1. The first-order chi connectivity index (χ1) is 11.7. The Hall–Kier alpha value is -2.12. The van der Waals surface area contributed by atoms with Crippen LogP contribution in [-0.2, 0) is 14.8 Å². The van der Waals surface area contributed by atoms with Crippen LogP contribution in [0.25, 0.3) is 0 Å². The SMILES string of the molecule is Cc1ccc(NS(=O)(=O)CC(C)C(=O)Nc2ccc(F)c(Cl)c2)cc1. The highest BCUT2D eigenvalue weighted by molar-refractivity contribution is 7.92. The molecular formula is C17H18ClFN2O3S. The number of halogens is 2. The number of amides is 1. The Morgan fingerprint density at radius 2 is 1.76 bits per heavy atom. The number of benzene rings is 2. The van der Waals surface area contributed by atoms with E-state index in [0.717, 1.165) is 11.6 Å². The molecule has 5 nitrogen and oxygen atoms in total. The molecule has 0 aromatic heterocycles. The van der Waals surface area contributed by atoms with Crippen LogP contribution >= 0.6 is 11.6 Å². The molecule has 8 heteroatoms. The molecule has 0 spiro atoms. The molecule has 0 saturated carbocycles. The van der Waals surface area contributed by atoms with E-state index >= 15 is 0 Å². The molecule has 134 valence electrons. The van der Waals surface area contributed by atoms with Crippen LogP contribution in [0.5, 0.6) is 0 Å². The highest BCUT2D eigenvalue weighted by atomic mass is 35.5. The van der Waals surface area contributed by atoms with Gasteiger partial charge < -0.3 is 5.32 Å². The van der Waals surface area contributed by atoms with Crippen molar-refractivity contribution in [3.63, 3.8) is 0 Å². The van der Waals surface area contributed by atoms with Crippen LogP contribution in [-0.4, -0.2) is 20.1 Å². The Bertz CT molecular complexity index is 870. The first-order valence-corrected chi connectivity index (χ1v) is 9.52. The lowest BCUT2D eigenvalue weighted by atomic mass is 10.2. The van der Waals surface area contributed by atoms with Crippen LogP contribution in [0.15, 0.2) is 42.5 Å². The molecule has 0 aliphatic heterocycles. The Labute approximate surface area is 151 Å². The van der Waals surface area contributed by atoms with E-state index < -0.39 is 27.7 Å². The van der Waals surface area contributed by atoms with Gasteiger partial charge in [0.2, 0.25) is 15.9 Å². The van der Waals surface area contributed by atoms with Crippen molar-refractivity contribution in [3.8, 4) is 0 Å². The van der Waals surface area contributed by atoms with Crippen LogP contribution in [0.3, 0.4) is 0 Å². The molecule has 0 heterocycles. The molecule has 2 aromatic carbocycles. The molecular weight excluding hydrogens is 367 g/mol. The molecule has 2 aromatic rings. The molecule has 25 heavy (non-hydrogen) atoms. The quantitative estimate of drug-likeness (QED) is 0.795. The largest absolute Gasteiger partial charge is 0.326 e. The number of aryl methyl sites for hydroxylation is 1. The number of carbonyl (C=O) groups excluding carboxylic acids is 1. The zero-order valence-electron chi connectivity index (χ0n) is 13.7. The molecule has 0 saturated heterocycles. The molecule has 2 rings (SSSR count).